The summed E-state index contributed by atoms with van der Waals surface area (Å²) in [6, 6.07) is 8.85. The highest BCUT2D eigenvalue weighted by Gasteiger charge is 2.40. The van der Waals surface area contributed by atoms with Crippen LogP contribution >= 0.6 is 0 Å². The Morgan fingerprint density at radius 2 is 1.76 bits per heavy atom. The second-order valence-electron chi connectivity index (χ2n) is 5.85. The molecule has 1 heterocycles. The van der Waals surface area contributed by atoms with E-state index >= 15 is 0 Å². The van der Waals surface area contributed by atoms with Crippen molar-refractivity contribution in [2.24, 2.45) is 5.41 Å². The van der Waals surface area contributed by atoms with Gasteiger partial charge in [0, 0.05) is 19.8 Å². The Balaban J connectivity index is 1.69. The van der Waals surface area contributed by atoms with Gasteiger partial charge >= 0.3 is 5.97 Å². The van der Waals surface area contributed by atoms with Gasteiger partial charge < -0.3 is 25.2 Å². The van der Waals surface area contributed by atoms with Gasteiger partial charge in [0.1, 0.15) is 5.75 Å². The Morgan fingerprint density at radius 1 is 1.08 bits per heavy atom. The smallest absolute Gasteiger partial charge is 0.311 e. The van der Waals surface area contributed by atoms with E-state index in [2.05, 4.69) is 10.6 Å². The molecule has 8 nitrogen and oxygen atoms in total. The number of ether oxygens (including phenoxy) is 2. The molecule has 0 radical (unpaired) electrons. The molecule has 1 aromatic rings. The Morgan fingerprint density at radius 3 is 2.40 bits per heavy atom. The van der Waals surface area contributed by atoms with E-state index in [0.29, 0.717) is 31.8 Å². The summed E-state index contributed by atoms with van der Waals surface area (Å²) in [5, 5.41) is 14.4. The summed E-state index contributed by atoms with van der Waals surface area (Å²) in [7, 11) is 0. The van der Waals surface area contributed by atoms with Gasteiger partial charge in [0.25, 0.3) is 5.91 Å². The minimum absolute atomic E-state index is 0.0148. The van der Waals surface area contributed by atoms with Gasteiger partial charge in [-0.1, -0.05) is 18.2 Å². The van der Waals surface area contributed by atoms with Crippen LogP contribution < -0.4 is 15.4 Å². The predicted molar refractivity (Wildman–Crippen MR) is 88.1 cm³/mol. The first-order valence-corrected chi connectivity index (χ1v) is 8.04. The monoisotopic (exact) mass is 350 g/mol. The summed E-state index contributed by atoms with van der Waals surface area (Å²) in [5.74, 6) is -1.26. The van der Waals surface area contributed by atoms with Crippen molar-refractivity contribution in [3.63, 3.8) is 0 Å². The van der Waals surface area contributed by atoms with E-state index in [1.165, 1.54) is 0 Å². The molecular formula is C17H22N2O6. The van der Waals surface area contributed by atoms with Crippen LogP contribution in [0.2, 0.25) is 0 Å². The van der Waals surface area contributed by atoms with Crippen molar-refractivity contribution in [3.05, 3.63) is 30.3 Å². The molecule has 0 aliphatic carbocycles. The second-order valence-corrected chi connectivity index (χ2v) is 5.85. The zero-order valence-corrected chi connectivity index (χ0v) is 13.8. The highest BCUT2D eigenvalue weighted by molar-refractivity contribution is 5.85. The average Bonchev–Trinajstić information content (AvgIpc) is 2.64. The van der Waals surface area contributed by atoms with E-state index in [4.69, 9.17) is 9.47 Å². The van der Waals surface area contributed by atoms with Gasteiger partial charge in [0.05, 0.1) is 12.0 Å². The maximum absolute atomic E-state index is 11.8. The summed E-state index contributed by atoms with van der Waals surface area (Å²) in [4.78, 5) is 35.0. The molecule has 0 bridgehead atoms. The van der Waals surface area contributed by atoms with Crippen molar-refractivity contribution in [2.75, 3.05) is 32.9 Å². The minimum atomic E-state index is -1.01. The largest absolute Gasteiger partial charge is 0.484 e. The third-order valence-corrected chi connectivity index (χ3v) is 4.09. The number of hydrogen-bond acceptors (Lipinski definition) is 5. The maximum Gasteiger partial charge on any atom is 0.311 e. The standard InChI is InChI=1S/C17H22N2O6/c20-14(19-12-17(16(22)23)6-8-24-9-7-17)10-18-15(21)11-25-13-4-2-1-3-5-13/h1-5H,6-12H2,(H,18,21)(H,19,20)(H,22,23). The number of aliphatic carboxylic acids is 1. The normalized spacial score (nSPS) is 15.8. The molecule has 1 aliphatic rings. The first kappa shape index (κ1) is 18.7. The number of carbonyl (C=O) groups is 3. The Bertz CT molecular complexity index is 598. The molecule has 2 amide bonds. The van der Waals surface area contributed by atoms with Crippen LogP contribution in [0.3, 0.4) is 0 Å². The van der Waals surface area contributed by atoms with E-state index in [0.717, 1.165) is 0 Å². The number of nitrogens with one attached hydrogen (secondary N) is 2. The lowest BCUT2D eigenvalue weighted by Crippen LogP contribution is -2.48. The van der Waals surface area contributed by atoms with Gasteiger partial charge in [-0.3, -0.25) is 14.4 Å². The molecule has 0 atom stereocenters. The lowest BCUT2D eigenvalue weighted by atomic mass is 9.80. The van der Waals surface area contributed by atoms with E-state index < -0.39 is 23.2 Å². The number of para-hydroxylation sites is 1. The van der Waals surface area contributed by atoms with Crippen LogP contribution in [-0.4, -0.2) is 55.8 Å². The summed E-state index contributed by atoms with van der Waals surface area (Å²) in [6.07, 6.45) is 0.694. The van der Waals surface area contributed by atoms with Crippen LogP contribution in [0.4, 0.5) is 0 Å². The van der Waals surface area contributed by atoms with E-state index in [1.54, 1.807) is 24.3 Å². The molecule has 0 spiro atoms. The molecule has 8 heteroatoms. The summed E-state index contributed by atoms with van der Waals surface area (Å²) in [5.41, 5.74) is -1.01. The van der Waals surface area contributed by atoms with Crippen molar-refractivity contribution in [3.8, 4) is 5.75 Å². The first-order chi connectivity index (χ1) is 12.0. The molecule has 0 unspecified atom stereocenters. The quantitative estimate of drug-likeness (QED) is 0.616. The zero-order valence-electron chi connectivity index (χ0n) is 13.8. The van der Waals surface area contributed by atoms with Crippen molar-refractivity contribution in [1.82, 2.24) is 10.6 Å². The maximum atomic E-state index is 11.8. The van der Waals surface area contributed by atoms with Crippen molar-refractivity contribution >= 4 is 17.8 Å². The molecule has 136 valence electrons. The molecule has 0 saturated carbocycles. The lowest BCUT2D eigenvalue weighted by Gasteiger charge is -2.33. The Kier molecular flexibility index (Phi) is 6.76. The third-order valence-electron chi connectivity index (χ3n) is 4.09. The molecule has 1 aliphatic heterocycles. The molecule has 1 aromatic carbocycles. The first-order valence-electron chi connectivity index (χ1n) is 8.04. The number of carbonyl (C=O) groups excluding carboxylic acids is 2. The predicted octanol–water partition coefficient (Wildman–Crippen LogP) is 0.179. The number of carboxylic acid groups (broad SMARTS) is 1. The number of carboxylic acids is 1. The van der Waals surface area contributed by atoms with Gasteiger partial charge in [0.2, 0.25) is 5.91 Å². The van der Waals surface area contributed by atoms with Crippen LogP contribution in [0, 0.1) is 5.41 Å². The average molecular weight is 350 g/mol. The fourth-order valence-corrected chi connectivity index (χ4v) is 2.45. The van der Waals surface area contributed by atoms with Crippen molar-refractivity contribution in [1.29, 1.82) is 0 Å². The highest BCUT2D eigenvalue weighted by atomic mass is 16.5. The number of amides is 2. The molecular weight excluding hydrogens is 328 g/mol. The summed E-state index contributed by atoms with van der Waals surface area (Å²) < 4.78 is 10.4. The van der Waals surface area contributed by atoms with E-state index in [1.807, 2.05) is 6.07 Å². The van der Waals surface area contributed by atoms with Gasteiger partial charge in [0.15, 0.2) is 6.61 Å². The van der Waals surface area contributed by atoms with Gasteiger partial charge in [-0.2, -0.15) is 0 Å². The summed E-state index contributed by atoms with van der Waals surface area (Å²) in [6.45, 7) is 0.295. The molecule has 2 rings (SSSR count). The molecule has 1 fully saturated rings. The number of rotatable bonds is 8. The van der Waals surface area contributed by atoms with Crippen LogP contribution in [0.25, 0.3) is 0 Å². The number of benzene rings is 1. The SMILES string of the molecule is O=C(CNC(=O)COc1ccccc1)NCC1(C(=O)O)CCOCC1. The second kappa shape index (κ2) is 9.03. The van der Waals surface area contributed by atoms with Crippen molar-refractivity contribution < 1.29 is 29.0 Å². The lowest BCUT2D eigenvalue weighted by molar-refractivity contribution is -0.154. The van der Waals surface area contributed by atoms with Gasteiger partial charge in [-0.25, -0.2) is 0 Å². The molecule has 25 heavy (non-hydrogen) atoms. The van der Waals surface area contributed by atoms with E-state index in [9.17, 15) is 19.5 Å². The van der Waals surface area contributed by atoms with Crippen LogP contribution in [0.1, 0.15) is 12.8 Å². The number of hydrogen-bond donors (Lipinski definition) is 3. The highest BCUT2D eigenvalue weighted by Crippen LogP contribution is 2.29. The molecule has 1 saturated heterocycles. The summed E-state index contributed by atoms with van der Waals surface area (Å²) >= 11 is 0. The van der Waals surface area contributed by atoms with Gasteiger partial charge in [-0.05, 0) is 25.0 Å². The van der Waals surface area contributed by atoms with E-state index in [-0.39, 0.29) is 19.7 Å². The molecule has 3 N–H and O–H groups in total. The van der Waals surface area contributed by atoms with Crippen LogP contribution in [0.5, 0.6) is 5.75 Å². The topological polar surface area (TPSA) is 114 Å². The van der Waals surface area contributed by atoms with Crippen molar-refractivity contribution in [2.45, 2.75) is 12.8 Å². The fraction of sp³-hybridized carbons (Fsp3) is 0.471. The zero-order chi connectivity index (χ0) is 18.1. The Labute approximate surface area is 145 Å². The fourth-order valence-electron chi connectivity index (χ4n) is 2.45. The Hall–Kier alpha value is -2.61. The van der Waals surface area contributed by atoms with Gasteiger partial charge in [-0.15, -0.1) is 0 Å². The van der Waals surface area contributed by atoms with Crippen LogP contribution in [-0.2, 0) is 19.1 Å². The molecule has 0 aromatic heterocycles. The third kappa shape index (κ3) is 5.75. The minimum Gasteiger partial charge on any atom is -0.484 e. The van der Waals surface area contributed by atoms with Crippen LogP contribution in [0.15, 0.2) is 30.3 Å².